The predicted molar refractivity (Wildman–Crippen MR) is 88.2 cm³/mol. The third-order valence-corrected chi connectivity index (χ3v) is 4.23. The minimum absolute atomic E-state index is 0.105. The Balaban J connectivity index is 1.94. The number of carbonyl (C=O) groups excluding carboxylic acids is 2. The summed E-state index contributed by atoms with van der Waals surface area (Å²) in [6.45, 7) is 1.47. The van der Waals surface area contributed by atoms with Gasteiger partial charge in [-0.2, -0.15) is 0 Å². The van der Waals surface area contributed by atoms with E-state index in [9.17, 15) is 9.59 Å². The lowest BCUT2D eigenvalue weighted by molar-refractivity contribution is -0.132. The molecule has 0 saturated carbocycles. The van der Waals surface area contributed by atoms with Gasteiger partial charge in [-0.15, -0.1) is 0 Å². The van der Waals surface area contributed by atoms with Crippen LogP contribution in [-0.4, -0.2) is 34.7 Å². The molecule has 1 aromatic heterocycles. The summed E-state index contributed by atoms with van der Waals surface area (Å²) in [6, 6.07) is 14.5. The Hall–Kier alpha value is -2.49. The van der Waals surface area contributed by atoms with Crippen LogP contribution in [0, 0.1) is 0 Å². The molecular weight excluding hydrogens is 288 g/mol. The molecule has 1 atom stereocenters. The fourth-order valence-electron chi connectivity index (χ4n) is 3.00. The molecule has 1 aromatic carbocycles. The van der Waals surface area contributed by atoms with Crippen LogP contribution in [0.1, 0.15) is 41.2 Å². The SMILES string of the molecule is O=C(c1ccccn1)C(C(=O)N1CCCCC1)c1ccccc1. The fraction of sp³-hybridized carbons (Fsp3) is 0.316. The number of piperidine rings is 1. The highest BCUT2D eigenvalue weighted by Gasteiger charge is 2.33. The maximum Gasteiger partial charge on any atom is 0.238 e. The van der Waals surface area contributed by atoms with Crippen LogP contribution in [0.3, 0.4) is 0 Å². The van der Waals surface area contributed by atoms with Gasteiger partial charge < -0.3 is 4.90 Å². The van der Waals surface area contributed by atoms with Crippen LogP contribution < -0.4 is 0 Å². The molecule has 0 bridgehead atoms. The minimum Gasteiger partial charge on any atom is -0.342 e. The maximum atomic E-state index is 13.0. The molecule has 23 heavy (non-hydrogen) atoms. The lowest BCUT2D eigenvalue weighted by atomic mass is 9.90. The van der Waals surface area contributed by atoms with Crippen molar-refractivity contribution in [1.29, 1.82) is 0 Å². The van der Waals surface area contributed by atoms with Crippen molar-refractivity contribution in [3.8, 4) is 0 Å². The first kappa shape index (κ1) is 15.4. The number of pyridine rings is 1. The van der Waals surface area contributed by atoms with Gasteiger partial charge in [-0.3, -0.25) is 14.6 Å². The molecule has 3 rings (SSSR count). The highest BCUT2D eigenvalue weighted by atomic mass is 16.2. The molecule has 0 spiro atoms. The largest absolute Gasteiger partial charge is 0.342 e. The maximum absolute atomic E-state index is 13.0. The number of hydrogen-bond donors (Lipinski definition) is 0. The van der Waals surface area contributed by atoms with Gasteiger partial charge >= 0.3 is 0 Å². The van der Waals surface area contributed by atoms with E-state index in [0.29, 0.717) is 5.69 Å². The fourth-order valence-corrected chi connectivity index (χ4v) is 3.00. The number of likely N-dealkylation sites (tertiary alicyclic amines) is 1. The second-order valence-electron chi connectivity index (χ2n) is 5.81. The second kappa shape index (κ2) is 7.18. The van der Waals surface area contributed by atoms with Crippen molar-refractivity contribution in [3.63, 3.8) is 0 Å². The average molecular weight is 308 g/mol. The molecule has 2 aromatic rings. The zero-order chi connectivity index (χ0) is 16.1. The Bertz CT molecular complexity index is 664. The highest BCUT2D eigenvalue weighted by molar-refractivity contribution is 6.13. The summed E-state index contributed by atoms with van der Waals surface area (Å²) in [5.41, 5.74) is 1.07. The van der Waals surface area contributed by atoms with Crippen molar-refractivity contribution in [2.45, 2.75) is 25.2 Å². The Morgan fingerprint density at radius 1 is 0.913 bits per heavy atom. The van der Waals surface area contributed by atoms with E-state index in [1.807, 2.05) is 35.2 Å². The van der Waals surface area contributed by atoms with E-state index < -0.39 is 5.92 Å². The van der Waals surface area contributed by atoms with E-state index in [2.05, 4.69) is 4.98 Å². The first-order valence-electron chi connectivity index (χ1n) is 8.06. The van der Waals surface area contributed by atoms with Crippen LogP contribution in [0.25, 0.3) is 0 Å². The minimum atomic E-state index is -0.802. The first-order valence-corrected chi connectivity index (χ1v) is 8.06. The molecule has 118 valence electrons. The van der Waals surface area contributed by atoms with E-state index in [4.69, 9.17) is 0 Å². The van der Waals surface area contributed by atoms with Crippen molar-refractivity contribution >= 4 is 11.7 Å². The monoisotopic (exact) mass is 308 g/mol. The lowest BCUT2D eigenvalue weighted by Gasteiger charge is -2.30. The van der Waals surface area contributed by atoms with Crippen LogP contribution in [0.4, 0.5) is 0 Å². The van der Waals surface area contributed by atoms with Gasteiger partial charge in [0.1, 0.15) is 11.6 Å². The van der Waals surface area contributed by atoms with Crippen LogP contribution >= 0.6 is 0 Å². The molecule has 1 aliphatic rings. The van der Waals surface area contributed by atoms with Gasteiger partial charge in [0.2, 0.25) is 5.91 Å². The molecule has 1 fully saturated rings. The number of Topliss-reactive ketones (excluding diaryl/α,β-unsaturated/α-hetero) is 1. The number of rotatable bonds is 4. The van der Waals surface area contributed by atoms with E-state index in [-0.39, 0.29) is 11.7 Å². The Labute approximate surface area is 136 Å². The second-order valence-corrected chi connectivity index (χ2v) is 5.81. The summed E-state index contributed by atoms with van der Waals surface area (Å²) in [5.74, 6) is -1.14. The molecule has 0 radical (unpaired) electrons. The van der Waals surface area contributed by atoms with Crippen molar-refractivity contribution in [2.24, 2.45) is 0 Å². The average Bonchev–Trinajstić information content (AvgIpc) is 2.64. The smallest absolute Gasteiger partial charge is 0.238 e. The number of amides is 1. The molecule has 4 heteroatoms. The van der Waals surface area contributed by atoms with Gasteiger partial charge in [-0.25, -0.2) is 0 Å². The van der Waals surface area contributed by atoms with Gasteiger partial charge in [-0.05, 0) is 37.0 Å². The molecule has 0 aliphatic carbocycles. The van der Waals surface area contributed by atoms with Gasteiger partial charge in [0, 0.05) is 19.3 Å². The zero-order valence-corrected chi connectivity index (χ0v) is 13.0. The van der Waals surface area contributed by atoms with E-state index in [0.717, 1.165) is 37.9 Å². The highest BCUT2D eigenvalue weighted by Crippen LogP contribution is 2.24. The topological polar surface area (TPSA) is 50.3 Å². The van der Waals surface area contributed by atoms with E-state index in [1.165, 1.54) is 0 Å². The summed E-state index contributed by atoms with van der Waals surface area (Å²) in [4.78, 5) is 31.9. The Morgan fingerprint density at radius 2 is 1.61 bits per heavy atom. The van der Waals surface area contributed by atoms with Crippen molar-refractivity contribution < 1.29 is 9.59 Å². The van der Waals surface area contributed by atoms with E-state index in [1.54, 1.807) is 24.4 Å². The predicted octanol–water partition coefficient (Wildman–Crippen LogP) is 3.06. The van der Waals surface area contributed by atoms with Gasteiger partial charge in [0.05, 0.1) is 0 Å². The standard InChI is InChI=1S/C19H20N2O2/c22-18(16-11-5-6-12-20-16)17(15-9-3-1-4-10-15)19(23)21-13-7-2-8-14-21/h1,3-6,9-12,17H,2,7-8,13-14H2. The number of carbonyl (C=O) groups is 2. The van der Waals surface area contributed by atoms with Crippen LogP contribution in [0.15, 0.2) is 54.7 Å². The van der Waals surface area contributed by atoms with Crippen LogP contribution in [0.2, 0.25) is 0 Å². The lowest BCUT2D eigenvalue weighted by Crippen LogP contribution is -2.41. The number of benzene rings is 1. The first-order chi connectivity index (χ1) is 11.3. The molecule has 1 amide bonds. The van der Waals surface area contributed by atoms with Crippen LogP contribution in [0.5, 0.6) is 0 Å². The normalized spacial score (nSPS) is 15.9. The number of aromatic nitrogens is 1. The quantitative estimate of drug-likeness (QED) is 0.644. The summed E-state index contributed by atoms with van der Waals surface area (Å²) in [6.07, 6.45) is 4.74. The Morgan fingerprint density at radius 3 is 2.26 bits per heavy atom. The molecule has 4 nitrogen and oxygen atoms in total. The summed E-state index contributed by atoms with van der Waals surface area (Å²) < 4.78 is 0. The summed E-state index contributed by atoms with van der Waals surface area (Å²) >= 11 is 0. The molecule has 1 unspecified atom stereocenters. The van der Waals surface area contributed by atoms with E-state index >= 15 is 0 Å². The molecule has 1 saturated heterocycles. The third-order valence-electron chi connectivity index (χ3n) is 4.23. The zero-order valence-electron chi connectivity index (χ0n) is 13.0. The molecule has 0 N–H and O–H groups in total. The third kappa shape index (κ3) is 3.47. The van der Waals surface area contributed by atoms with Crippen molar-refractivity contribution in [1.82, 2.24) is 9.88 Å². The summed E-state index contributed by atoms with van der Waals surface area (Å²) in [7, 11) is 0. The summed E-state index contributed by atoms with van der Waals surface area (Å²) in [5, 5.41) is 0. The number of nitrogens with zero attached hydrogens (tertiary/aromatic N) is 2. The van der Waals surface area contributed by atoms with Crippen LogP contribution in [-0.2, 0) is 4.79 Å². The molecule has 2 heterocycles. The van der Waals surface area contributed by atoms with Gasteiger partial charge in [-0.1, -0.05) is 36.4 Å². The number of ketones is 1. The van der Waals surface area contributed by atoms with Gasteiger partial charge in [0.15, 0.2) is 5.78 Å². The molecule has 1 aliphatic heterocycles. The van der Waals surface area contributed by atoms with Crippen molar-refractivity contribution in [3.05, 3.63) is 66.0 Å². The van der Waals surface area contributed by atoms with Gasteiger partial charge in [0.25, 0.3) is 0 Å². The molecular formula is C19H20N2O2. The van der Waals surface area contributed by atoms with Crippen molar-refractivity contribution in [2.75, 3.05) is 13.1 Å². The Kier molecular flexibility index (Phi) is 4.81. The number of hydrogen-bond acceptors (Lipinski definition) is 3.